The quantitative estimate of drug-likeness (QED) is 0.449. The van der Waals surface area contributed by atoms with Crippen LogP contribution in [0, 0.1) is 0 Å². The predicted octanol–water partition coefficient (Wildman–Crippen LogP) is 1.71. The molecule has 130 valence electrons. The molecule has 0 bridgehead atoms. The number of hydrogen-bond acceptors (Lipinski definition) is 8. The van der Waals surface area contributed by atoms with Crippen LogP contribution in [-0.2, 0) is 19.1 Å². The molecule has 0 aliphatic carbocycles. The number of nitrogens with one attached hydrogen (secondary N) is 1. The Labute approximate surface area is 143 Å². The normalized spacial score (nSPS) is 18.1. The third-order valence-electron chi connectivity index (χ3n) is 3.50. The molecule has 1 unspecified atom stereocenters. The summed E-state index contributed by atoms with van der Waals surface area (Å²) < 4.78 is 9.83. The molecule has 1 saturated heterocycles. The molecule has 2 heterocycles. The van der Waals surface area contributed by atoms with E-state index in [-0.39, 0.29) is 29.5 Å². The van der Waals surface area contributed by atoms with Gasteiger partial charge in [-0.1, -0.05) is 11.8 Å². The lowest BCUT2D eigenvalue weighted by Gasteiger charge is -2.14. The van der Waals surface area contributed by atoms with E-state index in [0.717, 1.165) is 18.2 Å². The van der Waals surface area contributed by atoms with Crippen molar-refractivity contribution in [3.63, 3.8) is 0 Å². The van der Waals surface area contributed by atoms with E-state index < -0.39 is 23.2 Å². The van der Waals surface area contributed by atoms with Gasteiger partial charge in [0, 0.05) is 18.6 Å². The van der Waals surface area contributed by atoms with E-state index in [1.165, 1.54) is 19.3 Å². The highest BCUT2D eigenvalue weighted by atomic mass is 32.2. The molecule has 1 aliphatic heterocycles. The standard InChI is InChI=1S/C16H19NO6S/c1-10(18)24-11(8-13(19)14-5-3-7-22-14)9-15(20)23-16(21)12-4-2-6-17-12/h3,5,7,11-12,17H,2,4,6,8-9H2,1H3/t11?,12-/m0/s1. The van der Waals surface area contributed by atoms with Crippen molar-refractivity contribution in [1.29, 1.82) is 0 Å². The lowest BCUT2D eigenvalue weighted by molar-refractivity contribution is -0.160. The number of esters is 2. The zero-order chi connectivity index (χ0) is 17.5. The molecule has 1 N–H and O–H groups in total. The van der Waals surface area contributed by atoms with Crippen LogP contribution in [0.1, 0.15) is 43.2 Å². The van der Waals surface area contributed by atoms with Crippen molar-refractivity contribution in [3.05, 3.63) is 24.2 Å². The minimum absolute atomic E-state index is 0.0528. The SMILES string of the molecule is CC(=O)SC(CC(=O)OC(=O)[C@@H]1CCCN1)CC(=O)c1ccco1. The maximum Gasteiger partial charge on any atom is 0.330 e. The molecule has 1 aliphatic rings. The second-order valence-electron chi connectivity index (χ2n) is 5.48. The summed E-state index contributed by atoms with van der Waals surface area (Å²) in [5, 5.41) is 2.13. The van der Waals surface area contributed by atoms with Crippen LogP contribution in [0.5, 0.6) is 0 Å². The summed E-state index contributed by atoms with van der Waals surface area (Å²) in [4.78, 5) is 47.1. The Balaban J connectivity index is 1.89. The van der Waals surface area contributed by atoms with Crippen molar-refractivity contribution >= 4 is 34.6 Å². The molecule has 0 saturated carbocycles. The molecule has 0 aromatic carbocycles. The Hall–Kier alpha value is -1.93. The molecule has 8 heteroatoms. The lowest BCUT2D eigenvalue weighted by Crippen LogP contribution is -2.34. The fraction of sp³-hybridized carbons (Fsp3) is 0.500. The second kappa shape index (κ2) is 8.79. The Kier molecular flexibility index (Phi) is 6.74. The van der Waals surface area contributed by atoms with E-state index in [2.05, 4.69) is 5.32 Å². The van der Waals surface area contributed by atoms with Gasteiger partial charge < -0.3 is 14.5 Å². The summed E-state index contributed by atoms with van der Waals surface area (Å²) in [6, 6.07) is 2.64. The smallest absolute Gasteiger partial charge is 0.330 e. The minimum atomic E-state index is -0.736. The van der Waals surface area contributed by atoms with Crippen LogP contribution in [0.3, 0.4) is 0 Å². The number of Topliss-reactive ketones (excluding diaryl/α,β-unsaturated/α-hetero) is 1. The summed E-state index contributed by atoms with van der Waals surface area (Å²) in [6.07, 6.45) is 2.61. The van der Waals surface area contributed by atoms with Crippen molar-refractivity contribution in [2.75, 3.05) is 6.54 Å². The monoisotopic (exact) mass is 353 g/mol. The molecule has 7 nitrogen and oxygen atoms in total. The highest BCUT2D eigenvalue weighted by molar-refractivity contribution is 8.14. The number of thioether (sulfide) groups is 1. The zero-order valence-electron chi connectivity index (χ0n) is 13.3. The topological polar surface area (TPSA) is 103 Å². The average molecular weight is 353 g/mol. The number of ether oxygens (including phenoxy) is 1. The second-order valence-corrected chi connectivity index (χ2v) is 6.96. The summed E-state index contributed by atoms with van der Waals surface area (Å²) in [5.41, 5.74) is 0. The van der Waals surface area contributed by atoms with Gasteiger partial charge in [-0.15, -0.1) is 0 Å². The fourth-order valence-corrected chi connectivity index (χ4v) is 3.35. The molecule has 1 aromatic heterocycles. The van der Waals surface area contributed by atoms with Crippen LogP contribution in [-0.4, -0.2) is 40.7 Å². The van der Waals surface area contributed by atoms with Crippen molar-refractivity contribution < 1.29 is 28.3 Å². The van der Waals surface area contributed by atoms with Crippen LogP contribution >= 0.6 is 11.8 Å². The van der Waals surface area contributed by atoms with Crippen LogP contribution < -0.4 is 5.32 Å². The number of carbonyl (C=O) groups is 4. The molecule has 1 aromatic rings. The van der Waals surface area contributed by atoms with Gasteiger partial charge in [-0.2, -0.15) is 0 Å². The third-order valence-corrected chi connectivity index (χ3v) is 4.49. The molecular formula is C16H19NO6S. The minimum Gasteiger partial charge on any atom is -0.461 e. The fourth-order valence-electron chi connectivity index (χ4n) is 2.43. The van der Waals surface area contributed by atoms with Crippen LogP contribution in [0.25, 0.3) is 0 Å². The number of ketones is 1. The maximum atomic E-state index is 12.1. The van der Waals surface area contributed by atoms with E-state index in [0.29, 0.717) is 13.0 Å². The van der Waals surface area contributed by atoms with Crippen LogP contribution in [0.15, 0.2) is 22.8 Å². The van der Waals surface area contributed by atoms with Crippen molar-refractivity contribution in [2.24, 2.45) is 0 Å². The summed E-state index contributed by atoms with van der Waals surface area (Å²) in [5.74, 6) is -1.49. The van der Waals surface area contributed by atoms with Crippen LogP contribution in [0.2, 0.25) is 0 Å². The Bertz CT molecular complexity index is 606. The van der Waals surface area contributed by atoms with Gasteiger partial charge in [0.1, 0.15) is 6.04 Å². The molecule has 24 heavy (non-hydrogen) atoms. The maximum absolute atomic E-state index is 12.1. The summed E-state index contributed by atoms with van der Waals surface area (Å²) >= 11 is 0.884. The first-order valence-electron chi connectivity index (χ1n) is 7.67. The van der Waals surface area contributed by atoms with Crippen molar-refractivity contribution in [1.82, 2.24) is 5.32 Å². The number of hydrogen-bond donors (Lipinski definition) is 1. The van der Waals surface area contributed by atoms with Gasteiger partial charge in [0.15, 0.2) is 16.7 Å². The van der Waals surface area contributed by atoms with Gasteiger partial charge in [-0.25, -0.2) is 4.79 Å². The molecule has 0 spiro atoms. The van der Waals surface area contributed by atoms with Crippen LogP contribution in [0.4, 0.5) is 0 Å². The Morgan fingerprint density at radius 2 is 2.17 bits per heavy atom. The summed E-state index contributed by atoms with van der Waals surface area (Å²) in [6.45, 7) is 2.07. The third kappa shape index (κ3) is 5.61. The van der Waals surface area contributed by atoms with E-state index in [9.17, 15) is 19.2 Å². The van der Waals surface area contributed by atoms with Crippen molar-refractivity contribution in [2.45, 2.75) is 43.9 Å². The number of rotatable bonds is 7. The molecule has 1 fully saturated rings. The predicted molar refractivity (Wildman–Crippen MR) is 86.5 cm³/mol. The van der Waals surface area contributed by atoms with Gasteiger partial charge in [0.25, 0.3) is 0 Å². The number of furan rings is 1. The molecule has 0 radical (unpaired) electrons. The van der Waals surface area contributed by atoms with E-state index in [1.807, 2.05) is 0 Å². The molecule has 2 atom stereocenters. The molecule has 0 amide bonds. The largest absolute Gasteiger partial charge is 0.461 e. The van der Waals surface area contributed by atoms with E-state index in [4.69, 9.17) is 9.15 Å². The highest BCUT2D eigenvalue weighted by Gasteiger charge is 2.28. The van der Waals surface area contributed by atoms with Gasteiger partial charge >= 0.3 is 11.9 Å². The Morgan fingerprint density at radius 3 is 2.75 bits per heavy atom. The van der Waals surface area contributed by atoms with Gasteiger partial charge in [-0.05, 0) is 31.5 Å². The van der Waals surface area contributed by atoms with Gasteiger partial charge in [-0.3, -0.25) is 14.4 Å². The first-order chi connectivity index (χ1) is 11.5. The first kappa shape index (κ1) is 18.4. The zero-order valence-corrected chi connectivity index (χ0v) is 14.1. The van der Waals surface area contributed by atoms with Gasteiger partial charge in [0.2, 0.25) is 0 Å². The molecular weight excluding hydrogens is 334 g/mol. The Morgan fingerprint density at radius 1 is 1.38 bits per heavy atom. The highest BCUT2D eigenvalue weighted by Crippen LogP contribution is 2.22. The van der Waals surface area contributed by atoms with Gasteiger partial charge in [0.05, 0.1) is 12.7 Å². The lowest BCUT2D eigenvalue weighted by atomic mass is 10.1. The number of carbonyl (C=O) groups excluding carboxylic acids is 4. The molecule has 2 rings (SSSR count). The average Bonchev–Trinajstić information content (AvgIpc) is 3.20. The van der Waals surface area contributed by atoms with E-state index >= 15 is 0 Å². The summed E-state index contributed by atoms with van der Waals surface area (Å²) in [7, 11) is 0. The van der Waals surface area contributed by atoms with E-state index in [1.54, 1.807) is 6.07 Å². The first-order valence-corrected chi connectivity index (χ1v) is 8.55. The van der Waals surface area contributed by atoms with Crippen molar-refractivity contribution in [3.8, 4) is 0 Å².